The first-order valence-electron chi connectivity index (χ1n) is 8.75. The summed E-state index contributed by atoms with van der Waals surface area (Å²) in [6.07, 6.45) is 0. The van der Waals surface area contributed by atoms with Crippen molar-refractivity contribution in [2.24, 2.45) is 0 Å². The van der Waals surface area contributed by atoms with E-state index in [0.717, 1.165) is 16.8 Å². The number of nitrogens with one attached hydrogen (secondary N) is 2. The molecule has 2 rings (SSSR count). The van der Waals surface area contributed by atoms with Crippen LogP contribution in [0.2, 0.25) is 0 Å². The average Bonchev–Trinajstić information content (AvgIpc) is 2.60. The highest BCUT2D eigenvalue weighted by Crippen LogP contribution is 2.21. The molecule has 0 radical (unpaired) electrons. The molecule has 0 saturated carbocycles. The summed E-state index contributed by atoms with van der Waals surface area (Å²) in [6.45, 7) is 7.45. The topological polar surface area (TPSA) is 61.4 Å². The maximum Gasteiger partial charge on any atom is 0.318 e. The van der Waals surface area contributed by atoms with Crippen LogP contribution < -0.4 is 10.6 Å². The predicted molar refractivity (Wildman–Crippen MR) is 105 cm³/mol. The lowest BCUT2D eigenvalue weighted by Crippen LogP contribution is -2.39. The van der Waals surface area contributed by atoms with Crippen molar-refractivity contribution in [3.05, 3.63) is 65.2 Å². The van der Waals surface area contributed by atoms with Crippen molar-refractivity contribution in [3.8, 4) is 0 Å². The van der Waals surface area contributed by atoms with E-state index in [-0.39, 0.29) is 24.0 Å². The summed E-state index contributed by atoms with van der Waals surface area (Å²) in [4.78, 5) is 25.5. The minimum absolute atomic E-state index is 0.0338. The standard InChI is InChI=1S/C21H27N3O2/c1-14-9-11-18(12-10-14)16(3)24(5)21(26)22-15(2)19-7-6-8-20(13-19)23-17(4)25/h6-13,15-16H,1-5H3,(H,22,26)(H,23,25)/t15-,16+/m1/s1. The summed E-state index contributed by atoms with van der Waals surface area (Å²) in [5.74, 6) is -0.120. The van der Waals surface area contributed by atoms with Crippen LogP contribution in [0.1, 0.15) is 49.5 Å². The summed E-state index contributed by atoms with van der Waals surface area (Å²) < 4.78 is 0. The van der Waals surface area contributed by atoms with Crippen molar-refractivity contribution in [3.63, 3.8) is 0 Å². The molecular weight excluding hydrogens is 326 g/mol. The van der Waals surface area contributed by atoms with Gasteiger partial charge >= 0.3 is 6.03 Å². The van der Waals surface area contributed by atoms with E-state index >= 15 is 0 Å². The zero-order valence-corrected chi connectivity index (χ0v) is 16.0. The van der Waals surface area contributed by atoms with Gasteiger partial charge in [0.25, 0.3) is 0 Å². The Bertz CT molecular complexity index is 771. The zero-order valence-electron chi connectivity index (χ0n) is 16.0. The Hall–Kier alpha value is -2.82. The second-order valence-corrected chi connectivity index (χ2v) is 6.68. The van der Waals surface area contributed by atoms with Gasteiger partial charge in [-0.3, -0.25) is 4.79 Å². The second kappa shape index (κ2) is 8.52. The van der Waals surface area contributed by atoms with Crippen LogP contribution in [-0.4, -0.2) is 23.9 Å². The molecule has 0 bridgehead atoms. The average molecular weight is 353 g/mol. The number of rotatable bonds is 5. The Labute approximate surface area is 155 Å². The highest BCUT2D eigenvalue weighted by Gasteiger charge is 2.19. The van der Waals surface area contributed by atoms with Gasteiger partial charge in [-0.05, 0) is 44.0 Å². The van der Waals surface area contributed by atoms with Crippen molar-refractivity contribution in [1.29, 1.82) is 0 Å². The van der Waals surface area contributed by atoms with Gasteiger partial charge in [-0.2, -0.15) is 0 Å². The molecule has 0 aliphatic carbocycles. The third kappa shape index (κ3) is 5.09. The molecule has 0 aromatic heterocycles. The molecule has 2 aromatic carbocycles. The third-order valence-electron chi connectivity index (χ3n) is 4.51. The smallest absolute Gasteiger partial charge is 0.318 e. The fourth-order valence-corrected chi connectivity index (χ4v) is 2.70. The van der Waals surface area contributed by atoms with E-state index in [1.54, 1.807) is 11.9 Å². The van der Waals surface area contributed by atoms with Gasteiger partial charge in [0.2, 0.25) is 5.91 Å². The summed E-state index contributed by atoms with van der Waals surface area (Å²) in [6, 6.07) is 15.3. The fourth-order valence-electron chi connectivity index (χ4n) is 2.70. The van der Waals surface area contributed by atoms with Gasteiger partial charge in [-0.15, -0.1) is 0 Å². The summed E-state index contributed by atoms with van der Waals surface area (Å²) in [7, 11) is 1.79. The Balaban J connectivity index is 2.03. The zero-order chi connectivity index (χ0) is 19.3. The molecule has 0 heterocycles. The van der Waals surface area contributed by atoms with Gasteiger partial charge < -0.3 is 15.5 Å². The van der Waals surface area contributed by atoms with Gasteiger partial charge in [-0.1, -0.05) is 42.0 Å². The molecule has 2 atom stereocenters. The van der Waals surface area contributed by atoms with Gasteiger partial charge in [-0.25, -0.2) is 4.79 Å². The molecular formula is C21H27N3O2. The minimum Gasteiger partial charge on any atom is -0.331 e. The lowest BCUT2D eigenvalue weighted by atomic mass is 10.1. The molecule has 138 valence electrons. The maximum absolute atomic E-state index is 12.6. The van der Waals surface area contributed by atoms with Crippen LogP contribution in [0, 0.1) is 6.92 Å². The number of benzene rings is 2. The molecule has 0 unspecified atom stereocenters. The molecule has 0 spiro atoms. The Morgan fingerprint density at radius 2 is 1.65 bits per heavy atom. The van der Waals surface area contributed by atoms with Crippen LogP contribution >= 0.6 is 0 Å². The third-order valence-corrected chi connectivity index (χ3v) is 4.51. The molecule has 0 aliphatic heterocycles. The molecule has 26 heavy (non-hydrogen) atoms. The van der Waals surface area contributed by atoms with E-state index in [4.69, 9.17) is 0 Å². The van der Waals surface area contributed by atoms with E-state index in [1.807, 2.05) is 69.3 Å². The normalized spacial score (nSPS) is 12.8. The second-order valence-electron chi connectivity index (χ2n) is 6.68. The Morgan fingerprint density at radius 3 is 2.27 bits per heavy atom. The van der Waals surface area contributed by atoms with E-state index in [0.29, 0.717) is 0 Å². The highest BCUT2D eigenvalue weighted by atomic mass is 16.2. The number of urea groups is 1. The largest absolute Gasteiger partial charge is 0.331 e. The number of aryl methyl sites for hydroxylation is 1. The van der Waals surface area contributed by atoms with Gasteiger partial charge in [0.1, 0.15) is 0 Å². The van der Waals surface area contributed by atoms with Crippen LogP contribution in [0.25, 0.3) is 0 Å². The first-order valence-corrected chi connectivity index (χ1v) is 8.75. The van der Waals surface area contributed by atoms with Crippen molar-refractivity contribution < 1.29 is 9.59 Å². The first-order chi connectivity index (χ1) is 12.3. The van der Waals surface area contributed by atoms with Crippen LogP contribution in [-0.2, 0) is 4.79 Å². The molecule has 5 heteroatoms. The van der Waals surface area contributed by atoms with E-state index < -0.39 is 0 Å². The Kier molecular flexibility index (Phi) is 6.39. The number of nitrogens with zero attached hydrogens (tertiary/aromatic N) is 1. The van der Waals surface area contributed by atoms with Crippen molar-refractivity contribution in [2.45, 2.75) is 39.8 Å². The number of carbonyl (C=O) groups excluding carboxylic acids is 2. The SMILES string of the molecule is CC(=O)Nc1cccc([C@@H](C)NC(=O)N(C)[C@@H](C)c2ccc(C)cc2)c1. The molecule has 0 fully saturated rings. The van der Waals surface area contributed by atoms with Crippen molar-refractivity contribution in [2.75, 3.05) is 12.4 Å². The number of hydrogen-bond donors (Lipinski definition) is 2. The van der Waals surface area contributed by atoms with Crippen LogP contribution in [0.5, 0.6) is 0 Å². The lowest BCUT2D eigenvalue weighted by Gasteiger charge is -2.27. The molecule has 0 saturated heterocycles. The monoisotopic (exact) mass is 353 g/mol. The molecule has 2 aromatic rings. The van der Waals surface area contributed by atoms with Crippen LogP contribution in [0.3, 0.4) is 0 Å². The number of anilines is 1. The fraction of sp³-hybridized carbons (Fsp3) is 0.333. The first kappa shape index (κ1) is 19.5. The molecule has 5 nitrogen and oxygen atoms in total. The molecule has 2 N–H and O–H groups in total. The van der Waals surface area contributed by atoms with E-state index in [1.165, 1.54) is 12.5 Å². The summed E-state index contributed by atoms with van der Waals surface area (Å²) in [5, 5.41) is 5.77. The summed E-state index contributed by atoms with van der Waals surface area (Å²) in [5.41, 5.74) is 3.94. The maximum atomic E-state index is 12.6. The highest BCUT2D eigenvalue weighted by molar-refractivity contribution is 5.88. The van der Waals surface area contributed by atoms with Gasteiger partial charge in [0.05, 0.1) is 12.1 Å². The minimum atomic E-state index is -0.177. The molecule has 0 aliphatic rings. The predicted octanol–water partition coefficient (Wildman–Crippen LogP) is 4.42. The van der Waals surface area contributed by atoms with Gasteiger partial charge in [0.15, 0.2) is 0 Å². The van der Waals surface area contributed by atoms with Crippen molar-refractivity contribution in [1.82, 2.24) is 10.2 Å². The van der Waals surface area contributed by atoms with E-state index in [9.17, 15) is 9.59 Å². The van der Waals surface area contributed by atoms with Crippen LogP contribution in [0.15, 0.2) is 48.5 Å². The van der Waals surface area contributed by atoms with Crippen molar-refractivity contribution >= 4 is 17.6 Å². The lowest BCUT2D eigenvalue weighted by molar-refractivity contribution is -0.114. The summed E-state index contributed by atoms with van der Waals surface area (Å²) >= 11 is 0. The quantitative estimate of drug-likeness (QED) is 0.836. The van der Waals surface area contributed by atoms with Gasteiger partial charge in [0, 0.05) is 19.7 Å². The van der Waals surface area contributed by atoms with E-state index in [2.05, 4.69) is 10.6 Å². The van der Waals surface area contributed by atoms with Crippen LogP contribution in [0.4, 0.5) is 10.5 Å². The number of hydrogen-bond acceptors (Lipinski definition) is 2. The Morgan fingerprint density at radius 1 is 1.00 bits per heavy atom. The molecule has 3 amide bonds. The number of carbonyl (C=O) groups is 2. The number of amides is 3.